The Morgan fingerprint density at radius 1 is 1.19 bits per heavy atom. The monoisotopic (exact) mass is 398 g/mol. The Morgan fingerprint density at radius 2 is 1.93 bits per heavy atom. The molecule has 0 radical (unpaired) electrons. The van der Waals surface area contributed by atoms with Crippen LogP contribution in [0.3, 0.4) is 0 Å². The number of hydrogen-bond donors (Lipinski definition) is 1. The maximum Gasteiger partial charge on any atom is 0.418 e. The van der Waals surface area contributed by atoms with E-state index in [1.165, 1.54) is 24.3 Å². The van der Waals surface area contributed by atoms with Crippen molar-refractivity contribution >= 4 is 23.2 Å². The number of nitrogens with one attached hydrogen (secondary N) is 1. The molecule has 1 N–H and O–H groups in total. The molecule has 0 saturated heterocycles. The molecule has 0 fully saturated rings. The number of benzene rings is 2. The molecular formula is C18H14ClF3N2O3. The number of carbonyl (C=O) groups excluding carboxylic acids is 1. The molecule has 0 aliphatic heterocycles. The van der Waals surface area contributed by atoms with Crippen molar-refractivity contribution in [3.63, 3.8) is 0 Å². The molecular weight excluding hydrogens is 385 g/mol. The number of nitrogens with zero attached hydrogens (tertiary/aromatic N) is 1. The van der Waals surface area contributed by atoms with Crippen molar-refractivity contribution in [2.24, 2.45) is 0 Å². The van der Waals surface area contributed by atoms with Gasteiger partial charge in [0.15, 0.2) is 18.1 Å². The summed E-state index contributed by atoms with van der Waals surface area (Å²) in [6, 6.07) is 9.33. The molecule has 0 heterocycles. The zero-order valence-corrected chi connectivity index (χ0v) is 14.8. The maximum absolute atomic E-state index is 13.1. The van der Waals surface area contributed by atoms with Gasteiger partial charge in [-0.05, 0) is 37.3 Å². The van der Waals surface area contributed by atoms with Crippen molar-refractivity contribution in [2.75, 3.05) is 18.5 Å². The Balaban J connectivity index is 2.11. The van der Waals surface area contributed by atoms with Crippen LogP contribution in [0.25, 0.3) is 0 Å². The first-order valence-corrected chi connectivity index (χ1v) is 8.08. The quantitative estimate of drug-likeness (QED) is 0.769. The average molecular weight is 399 g/mol. The van der Waals surface area contributed by atoms with Crippen LogP contribution in [0.2, 0.25) is 5.02 Å². The molecule has 0 saturated carbocycles. The highest BCUT2D eigenvalue weighted by Crippen LogP contribution is 2.36. The third-order valence-electron chi connectivity index (χ3n) is 3.29. The minimum Gasteiger partial charge on any atom is -0.490 e. The van der Waals surface area contributed by atoms with Gasteiger partial charge in [0.05, 0.1) is 29.5 Å². The SMILES string of the molecule is CCOc1cc(C#N)ccc1OCC(=O)Nc1ccc(Cl)cc1C(F)(F)F. The summed E-state index contributed by atoms with van der Waals surface area (Å²) in [7, 11) is 0. The van der Waals surface area contributed by atoms with E-state index in [1.807, 2.05) is 6.07 Å². The fourth-order valence-electron chi connectivity index (χ4n) is 2.15. The average Bonchev–Trinajstić information content (AvgIpc) is 2.61. The number of rotatable bonds is 6. The zero-order valence-electron chi connectivity index (χ0n) is 14.1. The van der Waals surface area contributed by atoms with Gasteiger partial charge in [-0.2, -0.15) is 18.4 Å². The molecule has 0 aliphatic rings. The molecule has 0 atom stereocenters. The number of ether oxygens (including phenoxy) is 2. The lowest BCUT2D eigenvalue weighted by Gasteiger charge is -2.15. The normalized spacial score (nSPS) is 10.8. The van der Waals surface area contributed by atoms with Crippen molar-refractivity contribution in [1.82, 2.24) is 0 Å². The van der Waals surface area contributed by atoms with Crippen LogP contribution in [-0.4, -0.2) is 19.1 Å². The van der Waals surface area contributed by atoms with Gasteiger partial charge in [-0.15, -0.1) is 0 Å². The van der Waals surface area contributed by atoms with Gasteiger partial charge in [0.1, 0.15) is 0 Å². The lowest BCUT2D eigenvalue weighted by molar-refractivity contribution is -0.137. The predicted molar refractivity (Wildman–Crippen MR) is 92.9 cm³/mol. The summed E-state index contributed by atoms with van der Waals surface area (Å²) in [6.07, 6.45) is -4.68. The van der Waals surface area contributed by atoms with Gasteiger partial charge >= 0.3 is 6.18 Å². The van der Waals surface area contributed by atoms with Crippen molar-refractivity contribution in [1.29, 1.82) is 5.26 Å². The molecule has 5 nitrogen and oxygen atoms in total. The number of halogens is 4. The van der Waals surface area contributed by atoms with Crippen LogP contribution < -0.4 is 14.8 Å². The van der Waals surface area contributed by atoms with Crippen LogP contribution in [0.1, 0.15) is 18.1 Å². The molecule has 1 amide bonds. The summed E-state index contributed by atoms with van der Waals surface area (Å²) in [5.41, 5.74) is -1.15. The Hall–Kier alpha value is -2.92. The molecule has 2 rings (SSSR count). The van der Waals surface area contributed by atoms with Gasteiger partial charge in [0, 0.05) is 11.1 Å². The molecule has 142 valence electrons. The third-order valence-corrected chi connectivity index (χ3v) is 3.53. The third kappa shape index (κ3) is 5.53. The van der Waals surface area contributed by atoms with Gasteiger partial charge < -0.3 is 14.8 Å². The van der Waals surface area contributed by atoms with Crippen molar-refractivity contribution < 1.29 is 27.4 Å². The van der Waals surface area contributed by atoms with E-state index in [4.69, 9.17) is 26.3 Å². The minimum atomic E-state index is -4.68. The van der Waals surface area contributed by atoms with Crippen molar-refractivity contribution in [3.8, 4) is 17.6 Å². The molecule has 9 heteroatoms. The van der Waals surface area contributed by atoms with E-state index in [0.29, 0.717) is 12.2 Å². The minimum absolute atomic E-state index is 0.101. The number of anilines is 1. The molecule has 0 aromatic heterocycles. The smallest absolute Gasteiger partial charge is 0.418 e. The van der Waals surface area contributed by atoms with Crippen molar-refractivity contribution in [3.05, 3.63) is 52.5 Å². The lowest BCUT2D eigenvalue weighted by atomic mass is 10.1. The number of carbonyl (C=O) groups is 1. The van der Waals surface area contributed by atoms with E-state index < -0.39 is 29.9 Å². The van der Waals surface area contributed by atoms with Crippen LogP contribution in [0.5, 0.6) is 11.5 Å². The summed E-state index contributed by atoms with van der Waals surface area (Å²) in [6.45, 7) is 1.48. The van der Waals surface area contributed by atoms with E-state index in [-0.39, 0.29) is 16.5 Å². The molecule has 2 aromatic carbocycles. The van der Waals surface area contributed by atoms with E-state index in [0.717, 1.165) is 12.1 Å². The van der Waals surface area contributed by atoms with E-state index >= 15 is 0 Å². The van der Waals surface area contributed by atoms with Crippen molar-refractivity contribution in [2.45, 2.75) is 13.1 Å². The zero-order chi connectivity index (χ0) is 20.0. The lowest BCUT2D eigenvalue weighted by Crippen LogP contribution is -2.22. The van der Waals surface area contributed by atoms with Crippen LogP contribution in [0.15, 0.2) is 36.4 Å². The highest BCUT2D eigenvalue weighted by Gasteiger charge is 2.34. The Kier molecular flexibility index (Phi) is 6.53. The second kappa shape index (κ2) is 8.64. The summed E-state index contributed by atoms with van der Waals surface area (Å²) < 4.78 is 49.8. The predicted octanol–water partition coefficient (Wildman–Crippen LogP) is 4.65. The summed E-state index contributed by atoms with van der Waals surface area (Å²) in [5.74, 6) is -0.348. The van der Waals surface area contributed by atoms with Gasteiger partial charge in [-0.1, -0.05) is 11.6 Å². The fourth-order valence-corrected chi connectivity index (χ4v) is 2.33. The van der Waals surface area contributed by atoms with Crippen LogP contribution in [0.4, 0.5) is 18.9 Å². The number of hydrogen-bond acceptors (Lipinski definition) is 4. The number of amides is 1. The summed E-state index contributed by atoms with van der Waals surface area (Å²) >= 11 is 5.60. The first kappa shape index (κ1) is 20.4. The van der Waals surface area contributed by atoms with Gasteiger partial charge in [0.25, 0.3) is 5.91 Å². The summed E-state index contributed by atoms with van der Waals surface area (Å²) in [5, 5.41) is 11.0. The van der Waals surface area contributed by atoms with Gasteiger partial charge in [0.2, 0.25) is 0 Å². The standard InChI is InChI=1S/C18H14ClF3N2O3/c1-2-26-16-7-11(9-23)3-6-15(16)27-10-17(25)24-14-5-4-12(19)8-13(14)18(20,21)22/h3-8H,2,10H2,1H3,(H,24,25). The Morgan fingerprint density at radius 3 is 2.56 bits per heavy atom. The Bertz CT molecular complexity index is 879. The van der Waals surface area contributed by atoms with E-state index in [2.05, 4.69) is 5.32 Å². The van der Waals surface area contributed by atoms with E-state index in [9.17, 15) is 18.0 Å². The molecule has 0 bridgehead atoms. The van der Waals surface area contributed by atoms with Crippen LogP contribution in [0, 0.1) is 11.3 Å². The van der Waals surface area contributed by atoms with Crippen LogP contribution in [-0.2, 0) is 11.0 Å². The van der Waals surface area contributed by atoms with Crippen LogP contribution >= 0.6 is 11.6 Å². The number of nitriles is 1. The number of alkyl halides is 3. The first-order chi connectivity index (χ1) is 12.7. The second-order valence-corrected chi connectivity index (χ2v) is 5.67. The van der Waals surface area contributed by atoms with Gasteiger partial charge in [-0.3, -0.25) is 4.79 Å². The topological polar surface area (TPSA) is 71.3 Å². The molecule has 27 heavy (non-hydrogen) atoms. The fraction of sp³-hybridized carbons (Fsp3) is 0.222. The van der Waals surface area contributed by atoms with Gasteiger partial charge in [-0.25, -0.2) is 0 Å². The molecule has 0 spiro atoms. The molecule has 0 unspecified atom stereocenters. The largest absolute Gasteiger partial charge is 0.490 e. The Labute approximate surface area is 158 Å². The molecule has 2 aromatic rings. The summed E-state index contributed by atoms with van der Waals surface area (Å²) in [4.78, 5) is 12.0. The maximum atomic E-state index is 13.1. The first-order valence-electron chi connectivity index (χ1n) is 7.71. The molecule has 0 aliphatic carbocycles. The second-order valence-electron chi connectivity index (χ2n) is 5.23. The highest BCUT2D eigenvalue weighted by atomic mass is 35.5. The highest BCUT2D eigenvalue weighted by molar-refractivity contribution is 6.30. The van der Waals surface area contributed by atoms with E-state index in [1.54, 1.807) is 6.92 Å².